The van der Waals surface area contributed by atoms with E-state index in [1.807, 2.05) is 0 Å². The molecule has 1 unspecified atom stereocenters. The number of amides is 1. The van der Waals surface area contributed by atoms with Crippen molar-refractivity contribution in [2.75, 3.05) is 31.1 Å². The lowest BCUT2D eigenvalue weighted by atomic mass is 10.1. The van der Waals surface area contributed by atoms with Crippen LogP contribution in [-0.2, 0) is 11.2 Å². The van der Waals surface area contributed by atoms with Crippen molar-refractivity contribution in [3.05, 3.63) is 33.9 Å². The summed E-state index contributed by atoms with van der Waals surface area (Å²) < 4.78 is 0. The molecule has 1 aromatic rings. The largest absolute Gasteiger partial charge is 0.396 e. The fraction of sp³-hybridized carbons (Fsp3) is 0.588. The van der Waals surface area contributed by atoms with Crippen molar-refractivity contribution in [3.8, 4) is 0 Å². The maximum absolute atomic E-state index is 12.7. The Morgan fingerprint density at radius 2 is 2.21 bits per heavy atom. The summed E-state index contributed by atoms with van der Waals surface area (Å²) in [6.45, 7) is 2.02. The van der Waals surface area contributed by atoms with Gasteiger partial charge in [-0.15, -0.1) is 0 Å². The van der Waals surface area contributed by atoms with E-state index in [-0.39, 0.29) is 18.2 Å². The molecule has 7 nitrogen and oxygen atoms in total. The van der Waals surface area contributed by atoms with E-state index in [1.165, 1.54) is 12.1 Å². The van der Waals surface area contributed by atoms with Gasteiger partial charge < -0.3 is 10.0 Å². The van der Waals surface area contributed by atoms with Crippen molar-refractivity contribution < 1.29 is 14.8 Å². The number of nitrogens with zero attached hydrogens (tertiary/aromatic N) is 3. The van der Waals surface area contributed by atoms with E-state index in [0.29, 0.717) is 24.8 Å². The highest BCUT2D eigenvalue weighted by Gasteiger charge is 2.31. The molecule has 24 heavy (non-hydrogen) atoms. The SMILES string of the molecule is O=C(CN1CCCC1CCCO)N1CCc2ccc([N+](=O)[O-])cc21. The summed E-state index contributed by atoms with van der Waals surface area (Å²) in [5, 5.41) is 20.0. The van der Waals surface area contributed by atoms with Crippen LogP contribution in [0.25, 0.3) is 0 Å². The molecule has 1 fully saturated rings. The maximum atomic E-state index is 12.7. The molecule has 0 radical (unpaired) electrons. The third-order valence-corrected chi connectivity index (χ3v) is 5.01. The van der Waals surface area contributed by atoms with Crippen LogP contribution < -0.4 is 4.90 Å². The van der Waals surface area contributed by atoms with E-state index in [9.17, 15) is 14.9 Å². The predicted octanol–water partition coefficient (Wildman–Crippen LogP) is 1.72. The first kappa shape index (κ1) is 16.9. The summed E-state index contributed by atoms with van der Waals surface area (Å²) in [5.74, 6) is 0.00477. The number of aliphatic hydroxyl groups excluding tert-OH is 1. The third kappa shape index (κ3) is 3.42. The first-order chi connectivity index (χ1) is 11.6. The molecule has 130 valence electrons. The lowest BCUT2D eigenvalue weighted by Crippen LogP contribution is -2.41. The van der Waals surface area contributed by atoms with Crippen LogP contribution in [-0.4, -0.2) is 53.1 Å². The Labute approximate surface area is 141 Å². The number of nitro groups is 1. The summed E-state index contributed by atoms with van der Waals surface area (Å²) in [4.78, 5) is 27.2. The number of carbonyl (C=O) groups excluding carboxylic acids is 1. The summed E-state index contributed by atoms with van der Waals surface area (Å²) in [6, 6.07) is 5.11. The van der Waals surface area contributed by atoms with Crippen molar-refractivity contribution in [1.29, 1.82) is 0 Å². The van der Waals surface area contributed by atoms with Crippen LogP contribution >= 0.6 is 0 Å². The molecule has 1 atom stereocenters. The van der Waals surface area contributed by atoms with Crippen LogP contribution in [0.15, 0.2) is 18.2 Å². The smallest absolute Gasteiger partial charge is 0.271 e. The zero-order valence-electron chi connectivity index (χ0n) is 13.7. The van der Waals surface area contributed by atoms with E-state index in [2.05, 4.69) is 4.90 Å². The minimum absolute atomic E-state index is 0.00477. The normalized spacial score (nSPS) is 20.4. The molecular weight excluding hydrogens is 310 g/mol. The number of anilines is 1. The molecule has 2 aliphatic rings. The number of rotatable bonds is 6. The Balaban J connectivity index is 1.69. The van der Waals surface area contributed by atoms with Crippen molar-refractivity contribution in [2.45, 2.75) is 38.1 Å². The van der Waals surface area contributed by atoms with Crippen LogP contribution in [0.2, 0.25) is 0 Å². The lowest BCUT2D eigenvalue weighted by molar-refractivity contribution is -0.384. The number of hydrogen-bond donors (Lipinski definition) is 1. The molecule has 0 aromatic heterocycles. The van der Waals surface area contributed by atoms with E-state index >= 15 is 0 Å². The zero-order valence-corrected chi connectivity index (χ0v) is 13.7. The van der Waals surface area contributed by atoms with E-state index in [1.54, 1.807) is 11.0 Å². The molecule has 0 aliphatic carbocycles. The second-order valence-corrected chi connectivity index (χ2v) is 6.50. The average Bonchev–Trinajstić information content (AvgIpc) is 3.18. The molecule has 2 aliphatic heterocycles. The minimum atomic E-state index is -0.424. The first-order valence-corrected chi connectivity index (χ1v) is 8.52. The fourth-order valence-electron chi connectivity index (χ4n) is 3.76. The Bertz CT molecular complexity index is 634. The summed E-state index contributed by atoms with van der Waals surface area (Å²) in [5.41, 5.74) is 1.70. The fourth-order valence-corrected chi connectivity index (χ4v) is 3.76. The number of carbonyl (C=O) groups is 1. The van der Waals surface area contributed by atoms with Gasteiger partial charge in [-0.05, 0) is 44.2 Å². The molecule has 3 rings (SSSR count). The van der Waals surface area contributed by atoms with Crippen molar-refractivity contribution >= 4 is 17.3 Å². The Morgan fingerprint density at radius 3 is 2.96 bits per heavy atom. The number of hydrogen-bond acceptors (Lipinski definition) is 5. The van der Waals surface area contributed by atoms with Crippen molar-refractivity contribution in [2.24, 2.45) is 0 Å². The number of likely N-dealkylation sites (tertiary alicyclic amines) is 1. The van der Waals surface area contributed by atoms with Gasteiger partial charge >= 0.3 is 0 Å². The number of non-ortho nitro benzene ring substituents is 1. The molecule has 7 heteroatoms. The number of fused-ring (bicyclic) bond motifs is 1. The van der Waals surface area contributed by atoms with Crippen LogP contribution in [0.1, 0.15) is 31.2 Å². The molecule has 0 saturated carbocycles. The zero-order chi connectivity index (χ0) is 17.1. The van der Waals surface area contributed by atoms with Gasteiger partial charge in [-0.1, -0.05) is 6.07 Å². The predicted molar refractivity (Wildman–Crippen MR) is 90.1 cm³/mol. The Morgan fingerprint density at radius 1 is 1.38 bits per heavy atom. The van der Waals surface area contributed by atoms with Crippen molar-refractivity contribution in [1.82, 2.24) is 4.90 Å². The molecule has 2 heterocycles. The topological polar surface area (TPSA) is 86.9 Å². The van der Waals surface area contributed by atoms with Gasteiger partial charge in [0.25, 0.3) is 5.69 Å². The average molecular weight is 333 g/mol. The van der Waals surface area contributed by atoms with E-state index in [0.717, 1.165) is 44.2 Å². The first-order valence-electron chi connectivity index (χ1n) is 8.52. The monoisotopic (exact) mass is 333 g/mol. The molecule has 0 bridgehead atoms. The highest BCUT2D eigenvalue weighted by Crippen LogP contribution is 2.32. The lowest BCUT2D eigenvalue weighted by Gasteiger charge is -2.26. The van der Waals surface area contributed by atoms with E-state index < -0.39 is 4.92 Å². The molecule has 1 saturated heterocycles. The molecule has 1 N–H and O–H groups in total. The number of benzene rings is 1. The summed E-state index contributed by atoms with van der Waals surface area (Å²) in [7, 11) is 0. The molecule has 0 spiro atoms. The van der Waals surface area contributed by atoms with Gasteiger partial charge in [0.05, 0.1) is 17.2 Å². The second kappa shape index (κ2) is 7.27. The second-order valence-electron chi connectivity index (χ2n) is 6.50. The number of nitro benzene ring substituents is 1. The van der Waals surface area contributed by atoms with Crippen LogP contribution in [0.3, 0.4) is 0 Å². The van der Waals surface area contributed by atoms with Gasteiger partial charge in [-0.3, -0.25) is 19.8 Å². The van der Waals surface area contributed by atoms with Gasteiger partial charge in [-0.2, -0.15) is 0 Å². The highest BCUT2D eigenvalue weighted by atomic mass is 16.6. The quantitative estimate of drug-likeness (QED) is 0.633. The minimum Gasteiger partial charge on any atom is -0.396 e. The maximum Gasteiger partial charge on any atom is 0.271 e. The van der Waals surface area contributed by atoms with Gasteiger partial charge in [0, 0.05) is 31.3 Å². The van der Waals surface area contributed by atoms with E-state index in [4.69, 9.17) is 5.11 Å². The van der Waals surface area contributed by atoms with Crippen LogP contribution in [0.5, 0.6) is 0 Å². The molecule has 1 aromatic carbocycles. The van der Waals surface area contributed by atoms with Crippen molar-refractivity contribution in [3.63, 3.8) is 0 Å². The van der Waals surface area contributed by atoms with Crippen LogP contribution in [0.4, 0.5) is 11.4 Å². The van der Waals surface area contributed by atoms with Crippen LogP contribution in [0, 0.1) is 10.1 Å². The van der Waals surface area contributed by atoms with Gasteiger partial charge in [0.15, 0.2) is 0 Å². The molecular formula is C17H23N3O4. The summed E-state index contributed by atoms with van der Waals surface area (Å²) >= 11 is 0. The molecule has 1 amide bonds. The third-order valence-electron chi connectivity index (χ3n) is 5.01. The van der Waals surface area contributed by atoms with Gasteiger partial charge in [-0.25, -0.2) is 0 Å². The van der Waals surface area contributed by atoms with Gasteiger partial charge in [0.1, 0.15) is 0 Å². The highest BCUT2D eigenvalue weighted by molar-refractivity contribution is 5.97. The Hall–Kier alpha value is -1.99. The Kier molecular flexibility index (Phi) is 5.11. The van der Waals surface area contributed by atoms with Gasteiger partial charge in [0.2, 0.25) is 5.91 Å². The summed E-state index contributed by atoms with van der Waals surface area (Å²) in [6.07, 6.45) is 4.55. The number of aliphatic hydroxyl groups is 1. The standard InChI is InChI=1S/C17H23N3O4/c21-10-2-4-14-3-1-8-18(14)12-17(22)19-9-7-13-5-6-15(20(23)24)11-16(13)19/h5-6,11,14,21H,1-4,7-10,12H2.